The van der Waals surface area contributed by atoms with E-state index in [1.165, 1.54) is 0 Å². The lowest BCUT2D eigenvalue weighted by molar-refractivity contribution is 0.0695. The summed E-state index contributed by atoms with van der Waals surface area (Å²) in [7, 11) is 0.0135. The number of hydrogen-bond acceptors (Lipinski definition) is 4. The summed E-state index contributed by atoms with van der Waals surface area (Å²) in [4.78, 5) is 13.7. The minimum absolute atomic E-state index is 0.226. The maximum Gasteiger partial charge on any atom is 0.335 e. The van der Waals surface area contributed by atoms with Crippen LogP contribution in [0.1, 0.15) is 27.9 Å². The molecule has 2 N–H and O–H groups in total. The Morgan fingerprint density at radius 3 is 2.17 bits per heavy atom. The highest BCUT2D eigenvalue weighted by molar-refractivity contribution is 7.93. The van der Waals surface area contributed by atoms with Crippen molar-refractivity contribution >= 4 is 38.1 Å². The summed E-state index contributed by atoms with van der Waals surface area (Å²) in [6.07, 6.45) is 1.87. The Bertz CT molecular complexity index is 1480. The van der Waals surface area contributed by atoms with Gasteiger partial charge < -0.3 is 10.0 Å². The molecule has 180 valence electrons. The lowest BCUT2D eigenvalue weighted by Gasteiger charge is -2.18. The molecule has 0 fully saturated rings. The number of nitrogens with zero attached hydrogens (tertiary/aromatic N) is 1. The average molecular weight is 489 g/mol. The Morgan fingerprint density at radius 1 is 0.800 bits per heavy atom. The Labute approximate surface area is 205 Å². The Hall–Kier alpha value is -3.84. The van der Waals surface area contributed by atoms with Crippen molar-refractivity contribution in [2.24, 2.45) is 0 Å². The molecule has 0 aliphatic heterocycles. The van der Waals surface area contributed by atoms with Crippen molar-refractivity contribution in [1.82, 2.24) is 0 Å². The first-order valence-electron chi connectivity index (χ1n) is 11.4. The van der Waals surface area contributed by atoms with Gasteiger partial charge in [-0.15, -0.1) is 0 Å². The zero-order valence-corrected chi connectivity index (χ0v) is 20.5. The molecule has 0 spiro atoms. The summed E-state index contributed by atoms with van der Waals surface area (Å²) in [6.45, 7) is 0. The van der Waals surface area contributed by atoms with Gasteiger partial charge >= 0.3 is 5.97 Å². The first kappa shape index (κ1) is 24.3. The molecule has 35 heavy (non-hydrogen) atoms. The second-order valence-corrected chi connectivity index (χ2v) is 10.3. The number of aryl methyl sites for hydroxylation is 2. The van der Waals surface area contributed by atoms with Crippen molar-refractivity contribution in [3.05, 3.63) is 102 Å². The zero-order valence-electron chi connectivity index (χ0n) is 19.7. The summed E-state index contributed by atoms with van der Waals surface area (Å²) in [6, 6.07) is 25.2. The van der Waals surface area contributed by atoms with Gasteiger partial charge in [-0.2, -0.15) is 0 Å². The number of rotatable bonds is 9. The van der Waals surface area contributed by atoms with Gasteiger partial charge in [-0.05, 0) is 54.7 Å². The van der Waals surface area contributed by atoms with E-state index in [1.54, 1.807) is 36.4 Å². The van der Waals surface area contributed by atoms with Crippen LogP contribution in [-0.2, 0) is 22.9 Å². The van der Waals surface area contributed by atoms with Gasteiger partial charge in [0.15, 0.2) is 0 Å². The number of para-hydroxylation sites is 1. The third kappa shape index (κ3) is 5.30. The molecular formula is C28H28N2O4S. The molecule has 0 amide bonds. The Kier molecular flexibility index (Phi) is 7.07. The number of carboxylic acid groups (broad SMARTS) is 1. The molecule has 0 aliphatic rings. The van der Waals surface area contributed by atoms with Crippen molar-refractivity contribution in [3.8, 4) is 0 Å². The van der Waals surface area contributed by atoms with Gasteiger partial charge in [0.25, 0.3) is 10.0 Å². The molecule has 0 heterocycles. The van der Waals surface area contributed by atoms with Crippen LogP contribution in [0.3, 0.4) is 0 Å². The first-order valence-corrected chi connectivity index (χ1v) is 12.9. The van der Waals surface area contributed by atoms with Gasteiger partial charge in [-0.1, -0.05) is 60.7 Å². The smallest absolute Gasteiger partial charge is 0.335 e. The number of benzene rings is 4. The average Bonchev–Trinajstić information content (AvgIpc) is 2.84. The molecule has 4 aromatic carbocycles. The molecule has 6 nitrogen and oxygen atoms in total. The lowest BCUT2D eigenvalue weighted by atomic mass is 9.99. The standard InChI is InChI=1S/C28H28N2O4S/c1-30(2)26-18-8-16-24-23(26)15-9-19-27(24)35(33,34)29-25-17-6-4-11-21(25)13-7-12-20-10-3-5-14-22(20)28(31)32/h3-6,8-11,14-19,29H,7,12-13H2,1-2H3,(H,31,32). The minimum Gasteiger partial charge on any atom is -0.478 e. The second-order valence-electron chi connectivity index (χ2n) is 8.60. The third-order valence-electron chi connectivity index (χ3n) is 6.03. The van der Waals surface area contributed by atoms with E-state index in [0.29, 0.717) is 35.9 Å². The molecule has 0 radical (unpaired) electrons. The predicted octanol–water partition coefficient (Wildman–Crippen LogP) is 5.58. The monoisotopic (exact) mass is 488 g/mol. The summed E-state index contributed by atoms with van der Waals surface area (Å²) in [5.74, 6) is -0.943. The van der Waals surface area contributed by atoms with Gasteiger partial charge in [-0.3, -0.25) is 4.72 Å². The molecular weight excluding hydrogens is 460 g/mol. The fraction of sp³-hybridized carbons (Fsp3) is 0.179. The summed E-state index contributed by atoms with van der Waals surface area (Å²) < 4.78 is 29.7. The largest absolute Gasteiger partial charge is 0.478 e. The van der Waals surface area contributed by atoms with E-state index in [-0.39, 0.29) is 4.90 Å². The van der Waals surface area contributed by atoms with E-state index in [4.69, 9.17) is 0 Å². The topological polar surface area (TPSA) is 86.7 Å². The first-order chi connectivity index (χ1) is 16.8. The molecule has 0 atom stereocenters. The molecule has 7 heteroatoms. The fourth-order valence-electron chi connectivity index (χ4n) is 4.34. The van der Waals surface area contributed by atoms with Crippen LogP contribution in [0.25, 0.3) is 10.8 Å². The van der Waals surface area contributed by atoms with Crippen LogP contribution in [0, 0.1) is 0 Å². The lowest BCUT2D eigenvalue weighted by Crippen LogP contribution is -2.15. The van der Waals surface area contributed by atoms with Crippen molar-refractivity contribution in [1.29, 1.82) is 0 Å². The van der Waals surface area contributed by atoms with E-state index in [2.05, 4.69) is 4.72 Å². The Balaban J connectivity index is 1.58. The van der Waals surface area contributed by atoms with Crippen LogP contribution in [-0.4, -0.2) is 33.6 Å². The van der Waals surface area contributed by atoms with Gasteiger partial charge in [0.2, 0.25) is 0 Å². The van der Waals surface area contributed by atoms with Crippen LogP contribution in [0.5, 0.6) is 0 Å². The van der Waals surface area contributed by atoms with Crippen LogP contribution in [0.2, 0.25) is 0 Å². The number of fused-ring (bicyclic) bond motifs is 1. The van der Waals surface area contributed by atoms with Gasteiger partial charge in [0.05, 0.1) is 16.1 Å². The summed E-state index contributed by atoms with van der Waals surface area (Å²) in [5, 5.41) is 10.9. The molecule has 0 bridgehead atoms. The van der Waals surface area contributed by atoms with E-state index < -0.39 is 16.0 Å². The van der Waals surface area contributed by atoms with E-state index >= 15 is 0 Å². The number of anilines is 2. The zero-order chi connectivity index (χ0) is 25.0. The predicted molar refractivity (Wildman–Crippen MR) is 141 cm³/mol. The third-order valence-corrected chi connectivity index (χ3v) is 7.46. The highest BCUT2D eigenvalue weighted by Crippen LogP contribution is 2.31. The Morgan fingerprint density at radius 2 is 1.43 bits per heavy atom. The van der Waals surface area contributed by atoms with Gasteiger partial charge in [-0.25, -0.2) is 13.2 Å². The van der Waals surface area contributed by atoms with Crippen LogP contribution in [0.15, 0.2) is 89.8 Å². The number of nitrogens with one attached hydrogen (secondary N) is 1. The van der Waals surface area contributed by atoms with E-state index in [0.717, 1.165) is 22.2 Å². The molecule has 4 rings (SSSR count). The molecule has 0 saturated carbocycles. The minimum atomic E-state index is -3.85. The van der Waals surface area contributed by atoms with Crippen molar-refractivity contribution in [3.63, 3.8) is 0 Å². The molecule has 0 aliphatic carbocycles. The van der Waals surface area contributed by atoms with Gasteiger partial charge in [0, 0.05) is 30.6 Å². The molecule has 4 aromatic rings. The summed E-state index contributed by atoms with van der Waals surface area (Å²) in [5.41, 5.74) is 3.40. The fourth-order valence-corrected chi connectivity index (χ4v) is 5.67. The highest BCUT2D eigenvalue weighted by atomic mass is 32.2. The SMILES string of the molecule is CN(C)c1cccc2c(S(=O)(=O)Nc3ccccc3CCCc3ccccc3C(=O)O)cccc12. The van der Waals surface area contributed by atoms with Crippen LogP contribution >= 0.6 is 0 Å². The molecule has 0 saturated heterocycles. The van der Waals surface area contributed by atoms with Crippen LogP contribution < -0.4 is 9.62 Å². The molecule has 0 unspecified atom stereocenters. The number of carbonyl (C=O) groups is 1. The van der Waals surface area contributed by atoms with Crippen molar-refractivity contribution in [2.75, 3.05) is 23.7 Å². The van der Waals surface area contributed by atoms with E-state index in [9.17, 15) is 18.3 Å². The number of hydrogen-bond donors (Lipinski definition) is 2. The van der Waals surface area contributed by atoms with E-state index in [1.807, 2.05) is 67.5 Å². The highest BCUT2D eigenvalue weighted by Gasteiger charge is 2.20. The quantitative estimate of drug-likeness (QED) is 0.321. The van der Waals surface area contributed by atoms with Crippen LogP contribution in [0.4, 0.5) is 11.4 Å². The van der Waals surface area contributed by atoms with Crippen molar-refractivity contribution in [2.45, 2.75) is 24.2 Å². The molecule has 0 aromatic heterocycles. The van der Waals surface area contributed by atoms with Crippen molar-refractivity contribution < 1.29 is 18.3 Å². The normalized spacial score (nSPS) is 11.4. The number of sulfonamides is 1. The summed E-state index contributed by atoms with van der Waals surface area (Å²) >= 11 is 0. The maximum absolute atomic E-state index is 13.5. The second kappa shape index (κ2) is 10.2. The number of aromatic carboxylic acids is 1. The van der Waals surface area contributed by atoms with Gasteiger partial charge in [0.1, 0.15) is 0 Å². The number of carboxylic acids is 1. The maximum atomic E-state index is 13.5.